The second kappa shape index (κ2) is 9.70. The molecule has 0 saturated carbocycles. The molecular weight excluding hydrogens is 324 g/mol. The highest BCUT2D eigenvalue weighted by Gasteiger charge is 2.09. The number of hydrogen-bond acceptors (Lipinski definition) is 4. The number of carbonyl (C=O) groups is 1. The molecule has 0 radical (unpaired) electrons. The molecule has 0 unspecified atom stereocenters. The van der Waals surface area contributed by atoms with Crippen molar-refractivity contribution in [1.29, 1.82) is 0 Å². The van der Waals surface area contributed by atoms with Gasteiger partial charge in [-0.25, -0.2) is 9.97 Å². The normalized spacial score (nSPS) is 13.8. The predicted molar refractivity (Wildman–Crippen MR) is 104 cm³/mol. The maximum Gasteiger partial charge on any atom is 0.270 e. The molecule has 0 spiro atoms. The summed E-state index contributed by atoms with van der Waals surface area (Å²) in [6.07, 6.45) is 10.6. The van der Waals surface area contributed by atoms with Gasteiger partial charge in [0.25, 0.3) is 5.91 Å². The average molecular weight is 350 g/mol. The third kappa shape index (κ3) is 5.69. The number of rotatable bonds is 8. The Balaban J connectivity index is 1.45. The Kier molecular flexibility index (Phi) is 6.76. The van der Waals surface area contributed by atoms with E-state index in [9.17, 15) is 4.79 Å². The Morgan fingerprint density at radius 3 is 2.73 bits per heavy atom. The number of nitrogens with one attached hydrogen (secondary N) is 2. The van der Waals surface area contributed by atoms with Crippen molar-refractivity contribution in [2.24, 2.45) is 0 Å². The van der Waals surface area contributed by atoms with Crippen molar-refractivity contribution in [3.63, 3.8) is 0 Å². The van der Waals surface area contributed by atoms with Gasteiger partial charge in [0.05, 0.1) is 0 Å². The molecular formula is C21H26N4O. The molecule has 1 heterocycles. The minimum Gasteiger partial charge on any atom is -0.354 e. The van der Waals surface area contributed by atoms with Crippen LogP contribution in [-0.2, 0) is 6.42 Å². The first-order valence-corrected chi connectivity index (χ1v) is 9.38. The summed E-state index contributed by atoms with van der Waals surface area (Å²) in [5, 5.41) is 6.14. The van der Waals surface area contributed by atoms with Gasteiger partial charge in [0.15, 0.2) is 0 Å². The zero-order chi connectivity index (χ0) is 18.0. The highest BCUT2D eigenvalue weighted by molar-refractivity contribution is 5.92. The molecule has 136 valence electrons. The molecule has 26 heavy (non-hydrogen) atoms. The monoisotopic (exact) mass is 350 g/mol. The number of aromatic nitrogens is 2. The standard InChI is InChI=1S/C21H26N4O/c26-20(22-14-11-17-7-3-1-4-8-17)19-13-16-24-21(25-19)23-15-12-18-9-5-2-6-10-18/h2,5-7,9-10,13,16H,1,3-4,8,11-12,14-15H2,(H,22,26)(H,23,24,25). The quantitative estimate of drug-likeness (QED) is 0.712. The molecule has 3 rings (SSSR count). The molecule has 1 aromatic heterocycles. The van der Waals surface area contributed by atoms with Crippen molar-refractivity contribution < 1.29 is 4.79 Å². The Morgan fingerprint density at radius 1 is 1.04 bits per heavy atom. The zero-order valence-corrected chi connectivity index (χ0v) is 15.1. The van der Waals surface area contributed by atoms with Crippen molar-refractivity contribution in [3.8, 4) is 0 Å². The minimum absolute atomic E-state index is 0.144. The molecule has 0 bridgehead atoms. The summed E-state index contributed by atoms with van der Waals surface area (Å²) in [7, 11) is 0. The smallest absolute Gasteiger partial charge is 0.270 e. The van der Waals surface area contributed by atoms with Gasteiger partial charge in [0, 0.05) is 19.3 Å². The SMILES string of the molecule is O=C(NCCC1=CCCCC1)c1ccnc(NCCc2ccccc2)n1. The highest BCUT2D eigenvalue weighted by atomic mass is 16.1. The van der Waals surface area contributed by atoms with Crippen LogP contribution in [-0.4, -0.2) is 29.0 Å². The first-order chi connectivity index (χ1) is 12.8. The fraction of sp³-hybridized carbons (Fsp3) is 0.381. The molecule has 0 fully saturated rings. The van der Waals surface area contributed by atoms with Gasteiger partial charge in [-0.15, -0.1) is 0 Å². The van der Waals surface area contributed by atoms with E-state index in [-0.39, 0.29) is 5.91 Å². The van der Waals surface area contributed by atoms with Gasteiger partial charge in [-0.05, 0) is 50.2 Å². The summed E-state index contributed by atoms with van der Waals surface area (Å²) in [5.74, 6) is 0.346. The van der Waals surface area contributed by atoms with Crippen molar-refractivity contribution in [2.75, 3.05) is 18.4 Å². The number of allylic oxidation sites excluding steroid dienone is 1. The predicted octanol–water partition coefficient (Wildman–Crippen LogP) is 3.75. The summed E-state index contributed by atoms with van der Waals surface area (Å²) in [5.41, 5.74) is 3.12. The fourth-order valence-electron chi connectivity index (χ4n) is 3.09. The van der Waals surface area contributed by atoms with Crippen LogP contribution in [0.1, 0.15) is 48.2 Å². The molecule has 2 aromatic rings. The topological polar surface area (TPSA) is 66.9 Å². The molecule has 1 aromatic carbocycles. The van der Waals surface area contributed by atoms with Crippen LogP contribution in [0, 0.1) is 0 Å². The summed E-state index contributed by atoms with van der Waals surface area (Å²) in [4.78, 5) is 20.8. The van der Waals surface area contributed by atoms with Crippen molar-refractivity contribution in [3.05, 3.63) is 65.5 Å². The van der Waals surface area contributed by atoms with Crippen LogP contribution < -0.4 is 10.6 Å². The summed E-state index contributed by atoms with van der Waals surface area (Å²) in [6, 6.07) is 11.9. The van der Waals surface area contributed by atoms with Crippen LogP contribution in [0.3, 0.4) is 0 Å². The van der Waals surface area contributed by atoms with E-state index < -0.39 is 0 Å². The van der Waals surface area contributed by atoms with Gasteiger partial charge < -0.3 is 10.6 Å². The largest absolute Gasteiger partial charge is 0.354 e. The molecule has 5 heteroatoms. The molecule has 0 atom stereocenters. The molecule has 5 nitrogen and oxygen atoms in total. The Hall–Kier alpha value is -2.69. The van der Waals surface area contributed by atoms with Gasteiger partial charge in [0.2, 0.25) is 5.95 Å². The lowest BCUT2D eigenvalue weighted by Gasteiger charge is -2.13. The molecule has 0 saturated heterocycles. The van der Waals surface area contributed by atoms with Gasteiger partial charge >= 0.3 is 0 Å². The summed E-state index contributed by atoms with van der Waals surface area (Å²) < 4.78 is 0. The Morgan fingerprint density at radius 2 is 1.92 bits per heavy atom. The molecule has 0 aliphatic heterocycles. The van der Waals surface area contributed by atoms with E-state index in [4.69, 9.17) is 0 Å². The van der Waals surface area contributed by atoms with Crippen LogP contribution in [0.5, 0.6) is 0 Å². The van der Waals surface area contributed by atoms with E-state index in [1.54, 1.807) is 12.3 Å². The lowest BCUT2D eigenvalue weighted by Crippen LogP contribution is -2.26. The first kappa shape index (κ1) is 18.1. The molecule has 1 aliphatic rings. The molecule has 2 N–H and O–H groups in total. The van der Waals surface area contributed by atoms with E-state index in [1.165, 1.54) is 36.8 Å². The van der Waals surface area contributed by atoms with Gasteiger partial charge in [-0.1, -0.05) is 42.0 Å². The van der Waals surface area contributed by atoms with Gasteiger partial charge in [-0.3, -0.25) is 4.79 Å². The number of carbonyl (C=O) groups excluding carboxylic acids is 1. The van der Waals surface area contributed by atoms with E-state index in [2.05, 4.69) is 38.8 Å². The van der Waals surface area contributed by atoms with Crippen molar-refractivity contribution in [2.45, 2.75) is 38.5 Å². The van der Waals surface area contributed by atoms with Crippen LogP contribution in [0.25, 0.3) is 0 Å². The molecule has 1 amide bonds. The number of benzene rings is 1. The zero-order valence-electron chi connectivity index (χ0n) is 15.1. The van der Waals surface area contributed by atoms with Gasteiger partial charge in [-0.2, -0.15) is 0 Å². The lowest BCUT2D eigenvalue weighted by atomic mass is 9.97. The maximum absolute atomic E-state index is 12.3. The minimum atomic E-state index is -0.144. The second-order valence-corrected chi connectivity index (χ2v) is 6.54. The third-order valence-corrected chi connectivity index (χ3v) is 4.54. The Bertz CT molecular complexity index is 743. The second-order valence-electron chi connectivity index (χ2n) is 6.54. The fourth-order valence-corrected chi connectivity index (χ4v) is 3.09. The number of hydrogen-bond donors (Lipinski definition) is 2. The number of anilines is 1. The van der Waals surface area contributed by atoms with E-state index in [0.717, 1.165) is 19.4 Å². The van der Waals surface area contributed by atoms with Crippen LogP contribution in [0.2, 0.25) is 0 Å². The summed E-state index contributed by atoms with van der Waals surface area (Å²) >= 11 is 0. The highest BCUT2D eigenvalue weighted by Crippen LogP contribution is 2.19. The first-order valence-electron chi connectivity index (χ1n) is 9.38. The third-order valence-electron chi connectivity index (χ3n) is 4.54. The van der Waals surface area contributed by atoms with Gasteiger partial charge in [0.1, 0.15) is 5.69 Å². The van der Waals surface area contributed by atoms with Crippen molar-refractivity contribution in [1.82, 2.24) is 15.3 Å². The Labute approximate surface area is 155 Å². The van der Waals surface area contributed by atoms with E-state index >= 15 is 0 Å². The van der Waals surface area contributed by atoms with E-state index in [1.807, 2.05) is 18.2 Å². The van der Waals surface area contributed by atoms with Crippen LogP contribution >= 0.6 is 0 Å². The van der Waals surface area contributed by atoms with Crippen LogP contribution in [0.4, 0.5) is 5.95 Å². The number of amides is 1. The maximum atomic E-state index is 12.3. The van der Waals surface area contributed by atoms with Crippen LogP contribution in [0.15, 0.2) is 54.2 Å². The number of nitrogens with zero attached hydrogens (tertiary/aromatic N) is 2. The summed E-state index contributed by atoms with van der Waals surface area (Å²) in [6.45, 7) is 1.38. The lowest BCUT2D eigenvalue weighted by molar-refractivity contribution is 0.0949. The average Bonchev–Trinajstić information content (AvgIpc) is 2.70. The van der Waals surface area contributed by atoms with E-state index in [0.29, 0.717) is 18.2 Å². The van der Waals surface area contributed by atoms with Crippen molar-refractivity contribution >= 4 is 11.9 Å². The molecule has 1 aliphatic carbocycles.